The molecule has 0 heterocycles. The molecule has 70 valence electrons. The van der Waals surface area contributed by atoms with Crippen LogP contribution in [0.25, 0.3) is 0 Å². The van der Waals surface area contributed by atoms with Crippen LogP contribution in [0.1, 0.15) is 13.3 Å². The van der Waals surface area contributed by atoms with E-state index >= 15 is 0 Å². The maximum atomic E-state index is 10.6. The van der Waals surface area contributed by atoms with Crippen LogP contribution in [0.5, 0.6) is 0 Å². The molecule has 5 nitrogen and oxygen atoms in total. The molecule has 0 fully saturated rings. The second-order valence-corrected chi connectivity index (χ2v) is 3.95. The van der Waals surface area contributed by atoms with Crippen molar-refractivity contribution in [2.75, 3.05) is 0 Å². The Morgan fingerprint density at radius 3 is 2.46 bits per heavy atom. The van der Waals surface area contributed by atoms with Gasteiger partial charge in [0.25, 0.3) is 0 Å². The average Bonchev–Trinajstić information content (AvgIpc) is 1.85. The Hall–Kier alpha value is 0.120. The summed E-state index contributed by atoms with van der Waals surface area (Å²) >= 11 is 0. The maximum Gasteiger partial charge on any atom is 1.00 e. The fourth-order valence-electron chi connectivity index (χ4n) is 0.478. The fraction of sp³-hybridized carbons (Fsp3) is 0.500. The van der Waals surface area contributed by atoms with E-state index in [-0.39, 0.29) is 29.6 Å². The van der Waals surface area contributed by atoms with Gasteiger partial charge >= 0.3 is 35.5 Å². The number of carbonyl (C=O) groups excluding carboxylic acids is 1. The van der Waals surface area contributed by atoms with Crippen LogP contribution in [0.2, 0.25) is 0 Å². The van der Waals surface area contributed by atoms with E-state index in [9.17, 15) is 17.8 Å². The molecule has 0 aromatic carbocycles. The number of hydrogen-bond acceptors (Lipinski definition) is 5. The first-order valence-corrected chi connectivity index (χ1v) is 4.60. The third-order valence-electron chi connectivity index (χ3n) is 1.16. The van der Waals surface area contributed by atoms with Crippen LogP contribution in [0.4, 0.5) is 0 Å². The van der Waals surface area contributed by atoms with Crippen molar-refractivity contribution in [1.82, 2.24) is 0 Å². The molecule has 0 aliphatic carbocycles. The predicted molar refractivity (Wildman–Crippen MR) is 40.1 cm³/mol. The Morgan fingerprint density at radius 1 is 1.69 bits per heavy atom. The standard InChI is InChI=1S/C6H10O5S.Na/c1-3-11-6(7)4-5(2)12(8,9)10;/h3,5H,1,4H2,2H3,(H,8,9,10);/q;+1/p-1. The molecule has 0 bridgehead atoms. The molecule has 0 aromatic heterocycles. The van der Waals surface area contributed by atoms with Crippen LogP contribution in [0.15, 0.2) is 12.8 Å². The summed E-state index contributed by atoms with van der Waals surface area (Å²) in [5.41, 5.74) is 0. The van der Waals surface area contributed by atoms with Crippen LogP contribution in [-0.4, -0.2) is 24.2 Å². The molecule has 0 spiro atoms. The summed E-state index contributed by atoms with van der Waals surface area (Å²) in [6.07, 6.45) is 0.435. The Kier molecular flexibility index (Phi) is 7.86. The van der Waals surface area contributed by atoms with E-state index in [1.165, 1.54) is 0 Å². The first kappa shape index (κ1) is 15.6. The van der Waals surface area contributed by atoms with E-state index in [1.54, 1.807) is 0 Å². The third kappa shape index (κ3) is 7.21. The van der Waals surface area contributed by atoms with E-state index < -0.39 is 27.8 Å². The SMILES string of the molecule is C=COC(=O)CC(C)S(=O)(=O)[O-].[Na+]. The van der Waals surface area contributed by atoms with Crippen LogP contribution >= 0.6 is 0 Å². The Balaban J connectivity index is 0. The molecule has 0 amide bonds. The number of esters is 1. The van der Waals surface area contributed by atoms with Crippen molar-refractivity contribution < 1.29 is 52.1 Å². The average molecular weight is 216 g/mol. The van der Waals surface area contributed by atoms with E-state index in [0.717, 1.165) is 13.2 Å². The molecule has 1 unspecified atom stereocenters. The molecule has 0 saturated carbocycles. The molecule has 0 aliphatic heterocycles. The molecule has 0 radical (unpaired) electrons. The maximum absolute atomic E-state index is 10.6. The van der Waals surface area contributed by atoms with Gasteiger partial charge in [0.05, 0.1) is 28.1 Å². The van der Waals surface area contributed by atoms with Gasteiger partial charge in [-0.15, -0.1) is 0 Å². The minimum atomic E-state index is -4.40. The van der Waals surface area contributed by atoms with E-state index in [1.807, 2.05) is 0 Å². The van der Waals surface area contributed by atoms with Gasteiger partial charge in [-0.05, 0) is 6.92 Å². The minimum absolute atomic E-state index is 0. The summed E-state index contributed by atoms with van der Waals surface area (Å²) in [6.45, 7) is 4.25. The van der Waals surface area contributed by atoms with Gasteiger partial charge < -0.3 is 9.29 Å². The van der Waals surface area contributed by atoms with Crippen molar-refractivity contribution in [2.24, 2.45) is 0 Å². The monoisotopic (exact) mass is 216 g/mol. The molecule has 0 aromatic rings. The first-order valence-electron chi connectivity index (χ1n) is 3.13. The van der Waals surface area contributed by atoms with Crippen LogP contribution < -0.4 is 29.6 Å². The van der Waals surface area contributed by atoms with Gasteiger partial charge in [0.2, 0.25) is 0 Å². The van der Waals surface area contributed by atoms with Crippen molar-refractivity contribution in [3.63, 3.8) is 0 Å². The molecular formula is C6H9NaO5S. The summed E-state index contributed by atoms with van der Waals surface area (Å²) in [5.74, 6) is -0.781. The molecule has 13 heavy (non-hydrogen) atoms. The normalized spacial score (nSPS) is 12.5. The minimum Gasteiger partial charge on any atom is -0.748 e. The van der Waals surface area contributed by atoms with Crippen molar-refractivity contribution in [1.29, 1.82) is 0 Å². The summed E-state index contributed by atoms with van der Waals surface area (Å²) < 4.78 is 35.1. The molecule has 0 aliphatic rings. The van der Waals surface area contributed by atoms with Gasteiger partial charge in [-0.3, -0.25) is 4.79 Å². The van der Waals surface area contributed by atoms with Gasteiger partial charge in [-0.1, -0.05) is 6.58 Å². The zero-order valence-corrected chi connectivity index (χ0v) is 10.3. The summed E-state index contributed by atoms with van der Waals surface area (Å²) in [7, 11) is -4.40. The largest absolute Gasteiger partial charge is 1.00 e. The third-order valence-corrected chi connectivity index (χ3v) is 2.31. The Bertz CT molecular complexity index is 271. The number of rotatable bonds is 4. The van der Waals surface area contributed by atoms with Crippen LogP contribution in [-0.2, 0) is 19.6 Å². The number of ether oxygens (including phenoxy) is 1. The van der Waals surface area contributed by atoms with Crippen LogP contribution in [0.3, 0.4) is 0 Å². The molecular weight excluding hydrogens is 207 g/mol. The van der Waals surface area contributed by atoms with Crippen molar-refractivity contribution >= 4 is 16.1 Å². The molecule has 7 heteroatoms. The second-order valence-electron chi connectivity index (χ2n) is 2.16. The topological polar surface area (TPSA) is 83.5 Å². The zero-order valence-electron chi connectivity index (χ0n) is 7.52. The number of hydrogen-bond donors (Lipinski definition) is 0. The van der Waals surface area contributed by atoms with Gasteiger partial charge in [0.1, 0.15) is 0 Å². The Morgan fingerprint density at radius 2 is 2.15 bits per heavy atom. The summed E-state index contributed by atoms with van der Waals surface area (Å²) in [5, 5.41) is -1.26. The first-order chi connectivity index (χ1) is 5.38. The second kappa shape index (κ2) is 6.56. The van der Waals surface area contributed by atoms with Crippen LogP contribution in [0, 0.1) is 0 Å². The number of carbonyl (C=O) groups is 1. The molecule has 0 saturated heterocycles. The van der Waals surface area contributed by atoms with Gasteiger partial charge in [0, 0.05) is 0 Å². The van der Waals surface area contributed by atoms with Gasteiger partial charge in [-0.25, -0.2) is 8.42 Å². The van der Waals surface area contributed by atoms with Gasteiger partial charge in [0.15, 0.2) is 0 Å². The van der Waals surface area contributed by atoms with Crippen molar-refractivity contribution in [3.8, 4) is 0 Å². The molecule has 0 N–H and O–H groups in total. The Labute approximate surface area is 99.2 Å². The fourth-order valence-corrected chi connectivity index (χ4v) is 0.818. The van der Waals surface area contributed by atoms with E-state index in [2.05, 4.69) is 11.3 Å². The molecule has 0 rings (SSSR count). The molecule has 1 atom stereocenters. The van der Waals surface area contributed by atoms with E-state index in [4.69, 9.17) is 0 Å². The zero-order chi connectivity index (χ0) is 9.78. The predicted octanol–water partition coefficient (Wildman–Crippen LogP) is -3.00. The quantitative estimate of drug-likeness (QED) is 0.216. The summed E-state index contributed by atoms with van der Waals surface area (Å²) in [6, 6.07) is 0. The van der Waals surface area contributed by atoms with E-state index in [0.29, 0.717) is 0 Å². The van der Waals surface area contributed by atoms with Crippen molar-refractivity contribution in [3.05, 3.63) is 12.8 Å². The van der Waals surface area contributed by atoms with Gasteiger partial charge in [-0.2, -0.15) is 0 Å². The van der Waals surface area contributed by atoms with Crippen molar-refractivity contribution in [2.45, 2.75) is 18.6 Å². The smallest absolute Gasteiger partial charge is 0.748 e. The summed E-state index contributed by atoms with van der Waals surface area (Å²) in [4.78, 5) is 10.6.